The van der Waals surface area contributed by atoms with Crippen LogP contribution in [0.2, 0.25) is 5.02 Å². The standard InChI is InChI=1S/C19H21ClN4O/c1-11(2)15(21)10-22-18-13-5-3-4-6-16(13)23-19(24-18)14-8-7-12(20)9-17(14)25/h3-9,11,15,25H,10,21H2,1-2H3,(H,22,23,24)/t15-/m0/s1. The van der Waals surface area contributed by atoms with E-state index in [1.165, 1.54) is 6.07 Å². The lowest BCUT2D eigenvalue weighted by Crippen LogP contribution is -2.34. The summed E-state index contributed by atoms with van der Waals surface area (Å²) < 4.78 is 0. The van der Waals surface area contributed by atoms with Gasteiger partial charge in [0.25, 0.3) is 0 Å². The summed E-state index contributed by atoms with van der Waals surface area (Å²) in [6, 6.07) is 12.7. The van der Waals surface area contributed by atoms with Gasteiger partial charge in [0.1, 0.15) is 11.6 Å². The molecule has 0 saturated heterocycles. The first-order valence-electron chi connectivity index (χ1n) is 8.21. The smallest absolute Gasteiger partial charge is 0.165 e. The molecule has 0 saturated carbocycles. The molecule has 5 nitrogen and oxygen atoms in total. The van der Waals surface area contributed by atoms with E-state index < -0.39 is 0 Å². The summed E-state index contributed by atoms with van der Waals surface area (Å²) in [7, 11) is 0. The number of halogens is 1. The van der Waals surface area contributed by atoms with E-state index in [0.29, 0.717) is 34.7 Å². The van der Waals surface area contributed by atoms with Crippen molar-refractivity contribution >= 4 is 28.3 Å². The highest BCUT2D eigenvalue weighted by molar-refractivity contribution is 6.30. The van der Waals surface area contributed by atoms with Crippen molar-refractivity contribution in [3.63, 3.8) is 0 Å². The van der Waals surface area contributed by atoms with Gasteiger partial charge in [-0.3, -0.25) is 0 Å². The minimum Gasteiger partial charge on any atom is -0.507 e. The van der Waals surface area contributed by atoms with Crippen LogP contribution < -0.4 is 11.1 Å². The van der Waals surface area contributed by atoms with Crippen molar-refractivity contribution < 1.29 is 5.11 Å². The zero-order chi connectivity index (χ0) is 18.0. The van der Waals surface area contributed by atoms with Gasteiger partial charge in [-0.25, -0.2) is 9.97 Å². The van der Waals surface area contributed by atoms with E-state index in [1.54, 1.807) is 12.1 Å². The van der Waals surface area contributed by atoms with Gasteiger partial charge in [0.15, 0.2) is 5.82 Å². The van der Waals surface area contributed by atoms with Crippen LogP contribution in [0.25, 0.3) is 22.3 Å². The van der Waals surface area contributed by atoms with Crippen molar-refractivity contribution in [3.8, 4) is 17.1 Å². The lowest BCUT2D eigenvalue weighted by atomic mass is 10.1. The average molecular weight is 357 g/mol. The topological polar surface area (TPSA) is 84.1 Å². The van der Waals surface area contributed by atoms with E-state index in [0.717, 1.165) is 10.9 Å². The number of nitrogens with zero attached hydrogens (tertiary/aromatic N) is 2. The second kappa shape index (κ2) is 7.25. The highest BCUT2D eigenvalue weighted by atomic mass is 35.5. The minimum atomic E-state index is 0.0149. The van der Waals surface area contributed by atoms with Crippen LogP contribution >= 0.6 is 11.6 Å². The molecule has 1 aromatic heterocycles. The van der Waals surface area contributed by atoms with Crippen LogP contribution in [0, 0.1) is 5.92 Å². The maximum Gasteiger partial charge on any atom is 0.165 e. The predicted molar refractivity (Wildman–Crippen MR) is 103 cm³/mol. The lowest BCUT2D eigenvalue weighted by Gasteiger charge is -2.18. The van der Waals surface area contributed by atoms with Gasteiger partial charge in [0.05, 0.1) is 11.1 Å². The lowest BCUT2D eigenvalue weighted by molar-refractivity contribution is 0.477. The fourth-order valence-electron chi connectivity index (χ4n) is 2.48. The zero-order valence-corrected chi connectivity index (χ0v) is 15.0. The number of phenolic OH excluding ortho intramolecular Hbond substituents is 1. The molecule has 0 aliphatic heterocycles. The van der Waals surface area contributed by atoms with E-state index in [9.17, 15) is 5.11 Å². The quantitative estimate of drug-likeness (QED) is 0.642. The second-order valence-corrected chi connectivity index (χ2v) is 6.80. The molecule has 3 aromatic rings. The van der Waals surface area contributed by atoms with E-state index in [2.05, 4.69) is 29.1 Å². The number of nitrogens with two attached hydrogens (primary N) is 1. The Bertz CT molecular complexity index is 898. The second-order valence-electron chi connectivity index (χ2n) is 6.36. The van der Waals surface area contributed by atoms with Crippen LogP contribution in [-0.2, 0) is 0 Å². The van der Waals surface area contributed by atoms with Gasteiger partial charge >= 0.3 is 0 Å². The van der Waals surface area contributed by atoms with Crippen LogP contribution in [0.5, 0.6) is 5.75 Å². The summed E-state index contributed by atoms with van der Waals surface area (Å²) in [5, 5.41) is 14.9. The number of aromatic nitrogens is 2. The molecule has 0 radical (unpaired) electrons. The number of hydrogen-bond acceptors (Lipinski definition) is 5. The van der Waals surface area contributed by atoms with E-state index in [-0.39, 0.29) is 11.8 Å². The third-order valence-electron chi connectivity index (χ3n) is 4.17. The van der Waals surface area contributed by atoms with Crippen LogP contribution in [0.3, 0.4) is 0 Å². The van der Waals surface area contributed by atoms with Gasteiger partial charge in [-0.2, -0.15) is 0 Å². The molecule has 0 amide bonds. The molecular formula is C19H21ClN4O. The molecule has 0 aliphatic rings. The number of hydrogen-bond donors (Lipinski definition) is 3. The Kier molecular flexibility index (Phi) is 5.06. The fraction of sp³-hybridized carbons (Fsp3) is 0.263. The number of phenols is 1. The Hall–Kier alpha value is -2.37. The van der Waals surface area contributed by atoms with Gasteiger partial charge in [0, 0.05) is 23.0 Å². The first-order valence-corrected chi connectivity index (χ1v) is 8.58. The summed E-state index contributed by atoms with van der Waals surface area (Å²) in [6.07, 6.45) is 0. The largest absolute Gasteiger partial charge is 0.507 e. The van der Waals surface area contributed by atoms with Crippen molar-refractivity contribution in [2.75, 3.05) is 11.9 Å². The first-order chi connectivity index (χ1) is 12.0. The number of anilines is 1. The van der Waals surface area contributed by atoms with Crippen LogP contribution in [-0.4, -0.2) is 27.7 Å². The third kappa shape index (κ3) is 3.83. The van der Waals surface area contributed by atoms with Gasteiger partial charge in [-0.05, 0) is 36.2 Å². The van der Waals surface area contributed by atoms with Gasteiger partial charge in [0.2, 0.25) is 0 Å². The summed E-state index contributed by atoms with van der Waals surface area (Å²) in [5.74, 6) is 1.55. The molecule has 0 bridgehead atoms. The van der Waals surface area contributed by atoms with E-state index >= 15 is 0 Å². The predicted octanol–water partition coefficient (Wildman–Crippen LogP) is 4.05. The molecule has 0 fully saturated rings. The maximum atomic E-state index is 10.2. The van der Waals surface area contributed by atoms with Crippen molar-refractivity contribution in [1.29, 1.82) is 0 Å². The number of benzene rings is 2. The Morgan fingerprint density at radius 2 is 1.92 bits per heavy atom. The van der Waals surface area contributed by atoms with Crippen LogP contribution in [0.1, 0.15) is 13.8 Å². The molecule has 1 heterocycles. The van der Waals surface area contributed by atoms with E-state index in [4.69, 9.17) is 17.3 Å². The molecule has 1 atom stereocenters. The first kappa shape index (κ1) is 17.5. The normalized spacial score (nSPS) is 12.5. The molecule has 3 rings (SSSR count). The number of aromatic hydroxyl groups is 1. The minimum absolute atomic E-state index is 0.0149. The molecule has 4 N–H and O–H groups in total. The summed E-state index contributed by atoms with van der Waals surface area (Å²) >= 11 is 5.92. The zero-order valence-electron chi connectivity index (χ0n) is 14.2. The SMILES string of the molecule is CC(C)[C@@H](N)CNc1nc(-c2ccc(Cl)cc2O)nc2ccccc12. The van der Waals surface area contributed by atoms with Crippen molar-refractivity contribution in [2.45, 2.75) is 19.9 Å². The van der Waals surface area contributed by atoms with Gasteiger partial charge < -0.3 is 16.2 Å². The molecule has 25 heavy (non-hydrogen) atoms. The maximum absolute atomic E-state index is 10.2. The highest BCUT2D eigenvalue weighted by Gasteiger charge is 2.14. The molecule has 0 aliphatic carbocycles. The molecule has 6 heteroatoms. The van der Waals surface area contributed by atoms with Crippen LogP contribution in [0.4, 0.5) is 5.82 Å². The van der Waals surface area contributed by atoms with Crippen molar-refractivity contribution in [2.24, 2.45) is 11.7 Å². The molecular weight excluding hydrogens is 336 g/mol. The molecule has 130 valence electrons. The van der Waals surface area contributed by atoms with E-state index in [1.807, 2.05) is 24.3 Å². The number of rotatable bonds is 5. The van der Waals surface area contributed by atoms with Crippen LogP contribution in [0.15, 0.2) is 42.5 Å². The van der Waals surface area contributed by atoms with Gasteiger partial charge in [-0.1, -0.05) is 37.6 Å². The Balaban J connectivity index is 2.06. The van der Waals surface area contributed by atoms with Crippen molar-refractivity contribution in [3.05, 3.63) is 47.5 Å². The van der Waals surface area contributed by atoms with Gasteiger partial charge in [-0.15, -0.1) is 0 Å². The highest BCUT2D eigenvalue weighted by Crippen LogP contribution is 2.32. The molecule has 0 unspecified atom stereocenters. The Labute approximate surface area is 151 Å². The molecule has 2 aromatic carbocycles. The number of para-hydroxylation sites is 1. The summed E-state index contributed by atoms with van der Waals surface area (Å²) in [6.45, 7) is 4.77. The summed E-state index contributed by atoms with van der Waals surface area (Å²) in [4.78, 5) is 9.19. The monoisotopic (exact) mass is 356 g/mol. The summed E-state index contributed by atoms with van der Waals surface area (Å²) in [5.41, 5.74) is 7.47. The Morgan fingerprint density at radius 1 is 1.16 bits per heavy atom. The fourth-order valence-corrected chi connectivity index (χ4v) is 2.64. The number of fused-ring (bicyclic) bond motifs is 1. The number of nitrogens with one attached hydrogen (secondary N) is 1. The Morgan fingerprint density at radius 3 is 2.64 bits per heavy atom. The molecule has 0 spiro atoms. The average Bonchev–Trinajstić information content (AvgIpc) is 2.59. The third-order valence-corrected chi connectivity index (χ3v) is 4.40. The van der Waals surface area contributed by atoms with Crippen molar-refractivity contribution in [1.82, 2.24) is 9.97 Å².